The first kappa shape index (κ1) is 19.2. The van der Waals surface area contributed by atoms with E-state index in [-0.39, 0.29) is 5.91 Å². The van der Waals surface area contributed by atoms with Crippen molar-refractivity contribution in [1.29, 1.82) is 0 Å². The first-order chi connectivity index (χ1) is 14.2. The van der Waals surface area contributed by atoms with Gasteiger partial charge < -0.3 is 5.32 Å². The van der Waals surface area contributed by atoms with Crippen LogP contribution in [0.15, 0.2) is 60.2 Å². The summed E-state index contributed by atoms with van der Waals surface area (Å²) in [6.45, 7) is 2.65. The Morgan fingerprint density at radius 1 is 1.10 bits per heavy atom. The standard InChI is InChI=1S/C23H22N4OS/c1-16-15-29-22(26-16)10-4-5-12-25-23(28)19-13-21(17-7-6-11-24-14-17)27-20-9-3-2-8-18(19)20/h2-3,6-9,11,13-15H,4-5,10,12H2,1H3,(H,25,28). The van der Waals surface area contributed by atoms with Crippen molar-refractivity contribution in [2.45, 2.75) is 26.2 Å². The predicted molar refractivity (Wildman–Crippen MR) is 117 cm³/mol. The molecule has 6 heteroatoms. The quantitative estimate of drug-likeness (QED) is 0.450. The van der Waals surface area contributed by atoms with Gasteiger partial charge >= 0.3 is 0 Å². The Hall–Kier alpha value is -3.12. The number of aryl methyl sites for hydroxylation is 2. The SMILES string of the molecule is Cc1csc(CCCCNC(=O)c2cc(-c3cccnc3)nc3ccccc23)n1. The Labute approximate surface area is 173 Å². The van der Waals surface area contributed by atoms with Crippen molar-refractivity contribution < 1.29 is 4.79 Å². The third-order valence-electron chi connectivity index (χ3n) is 4.69. The molecule has 3 heterocycles. The van der Waals surface area contributed by atoms with Crippen molar-refractivity contribution in [2.75, 3.05) is 6.54 Å². The number of carbonyl (C=O) groups is 1. The lowest BCUT2D eigenvalue weighted by Crippen LogP contribution is -2.25. The van der Waals surface area contributed by atoms with Crippen molar-refractivity contribution in [1.82, 2.24) is 20.3 Å². The fraction of sp³-hybridized carbons (Fsp3) is 0.217. The van der Waals surface area contributed by atoms with E-state index in [1.165, 1.54) is 0 Å². The normalized spacial score (nSPS) is 10.9. The van der Waals surface area contributed by atoms with E-state index in [1.54, 1.807) is 23.7 Å². The van der Waals surface area contributed by atoms with Crippen LogP contribution in [-0.2, 0) is 6.42 Å². The van der Waals surface area contributed by atoms with E-state index in [1.807, 2.05) is 49.4 Å². The lowest BCUT2D eigenvalue weighted by Gasteiger charge is -2.10. The number of para-hydroxylation sites is 1. The molecule has 0 saturated carbocycles. The summed E-state index contributed by atoms with van der Waals surface area (Å²) >= 11 is 1.70. The number of aromatic nitrogens is 3. The third-order valence-corrected chi connectivity index (χ3v) is 5.71. The average molecular weight is 403 g/mol. The van der Waals surface area contributed by atoms with Crippen LogP contribution in [0, 0.1) is 6.92 Å². The molecule has 3 aromatic heterocycles. The fourth-order valence-corrected chi connectivity index (χ4v) is 4.06. The van der Waals surface area contributed by atoms with Crippen LogP contribution in [0.2, 0.25) is 0 Å². The van der Waals surface area contributed by atoms with E-state index in [9.17, 15) is 4.79 Å². The summed E-state index contributed by atoms with van der Waals surface area (Å²) in [6.07, 6.45) is 6.37. The van der Waals surface area contributed by atoms with Crippen molar-refractivity contribution in [2.24, 2.45) is 0 Å². The maximum absolute atomic E-state index is 12.9. The molecule has 4 rings (SSSR count). The van der Waals surface area contributed by atoms with Gasteiger partial charge in [0, 0.05) is 41.0 Å². The van der Waals surface area contributed by atoms with E-state index < -0.39 is 0 Å². The van der Waals surface area contributed by atoms with Crippen LogP contribution in [0.5, 0.6) is 0 Å². The highest BCUT2D eigenvalue weighted by atomic mass is 32.1. The number of unbranched alkanes of at least 4 members (excludes halogenated alkanes) is 1. The van der Waals surface area contributed by atoms with Gasteiger partial charge in [0.05, 0.1) is 21.8 Å². The summed E-state index contributed by atoms with van der Waals surface area (Å²) in [5.41, 5.74) is 4.17. The number of benzene rings is 1. The van der Waals surface area contributed by atoms with Gasteiger partial charge in [-0.25, -0.2) is 9.97 Å². The van der Waals surface area contributed by atoms with Crippen molar-refractivity contribution in [3.63, 3.8) is 0 Å². The molecule has 0 bridgehead atoms. The van der Waals surface area contributed by atoms with Gasteiger partial charge in [0.1, 0.15) is 0 Å². The van der Waals surface area contributed by atoms with Crippen LogP contribution in [0.25, 0.3) is 22.2 Å². The average Bonchev–Trinajstić information content (AvgIpc) is 3.18. The number of rotatable bonds is 7. The van der Waals surface area contributed by atoms with Crippen LogP contribution < -0.4 is 5.32 Å². The van der Waals surface area contributed by atoms with Gasteiger partial charge in [0.2, 0.25) is 0 Å². The van der Waals surface area contributed by atoms with E-state index in [0.29, 0.717) is 12.1 Å². The highest BCUT2D eigenvalue weighted by molar-refractivity contribution is 7.09. The Balaban J connectivity index is 1.46. The molecule has 0 aliphatic carbocycles. The first-order valence-electron chi connectivity index (χ1n) is 9.70. The number of thiazole rings is 1. The van der Waals surface area contributed by atoms with Gasteiger partial charge in [-0.05, 0) is 50.5 Å². The van der Waals surface area contributed by atoms with Gasteiger partial charge in [0.15, 0.2) is 0 Å². The van der Waals surface area contributed by atoms with Crippen molar-refractivity contribution in [3.8, 4) is 11.3 Å². The number of hydrogen-bond donors (Lipinski definition) is 1. The number of pyridine rings is 2. The number of nitrogens with zero attached hydrogens (tertiary/aromatic N) is 3. The number of hydrogen-bond acceptors (Lipinski definition) is 5. The van der Waals surface area contributed by atoms with Gasteiger partial charge in [-0.2, -0.15) is 0 Å². The summed E-state index contributed by atoms with van der Waals surface area (Å²) in [7, 11) is 0. The zero-order valence-corrected chi connectivity index (χ0v) is 17.1. The van der Waals surface area contributed by atoms with Crippen LogP contribution in [0.3, 0.4) is 0 Å². The van der Waals surface area contributed by atoms with E-state index in [0.717, 1.165) is 52.1 Å². The molecule has 0 aliphatic heterocycles. The number of carbonyl (C=O) groups excluding carboxylic acids is 1. The molecule has 0 unspecified atom stereocenters. The third kappa shape index (κ3) is 4.66. The molecule has 1 amide bonds. The molecule has 146 valence electrons. The Morgan fingerprint density at radius 2 is 2.00 bits per heavy atom. The van der Waals surface area contributed by atoms with Crippen LogP contribution >= 0.6 is 11.3 Å². The molecule has 0 spiro atoms. The van der Waals surface area contributed by atoms with Crippen molar-refractivity contribution in [3.05, 3.63) is 76.5 Å². The molecule has 4 aromatic rings. The van der Waals surface area contributed by atoms with Gasteiger partial charge in [-0.15, -0.1) is 11.3 Å². The minimum absolute atomic E-state index is 0.0705. The molecular formula is C23H22N4OS. The first-order valence-corrected chi connectivity index (χ1v) is 10.6. The highest BCUT2D eigenvalue weighted by Crippen LogP contribution is 2.24. The Morgan fingerprint density at radius 3 is 2.79 bits per heavy atom. The van der Waals surface area contributed by atoms with E-state index in [2.05, 4.69) is 20.7 Å². The summed E-state index contributed by atoms with van der Waals surface area (Å²) in [6, 6.07) is 13.4. The second kappa shape index (κ2) is 8.92. The smallest absolute Gasteiger partial charge is 0.252 e. The molecule has 0 aliphatic rings. The predicted octanol–water partition coefficient (Wildman–Crippen LogP) is 4.81. The minimum atomic E-state index is -0.0705. The zero-order chi connectivity index (χ0) is 20.1. The topological polar surface area (TPSA) is 67.8 Å². The largest absolute Gasteiger partial charge is 0.352 e. The molecule has 5 nitrogen and oxygen atoms in total. The fourth-order valence-electron chi connectivity index (χ4n) is 3.24. The summed E-state index contributed by atoms with van der Waals surface area (Å²) < 4.78 is 0. The monoisotopic (exact) mass is 402 g/mol. The Bertz CT molecular complexity index is 1120. The molecule has 0 saturated heterocycles. The summed E-state index contributed by atoms with van der Waals surface area (Å²) in [5, 5.41) is 7.16. The lowest BCUT2D eigenvalue weighted by atomic mass is 10.0. The second-order valence-electron chi connectivity index (χ2n) is 6.91. The second-order valence-corrected chi connectivity index (χ2v) is 7.85. The van der Waals surface area contributed by atoms with Crippen molar-refractivity contribution >= 4 is 28.1 Å². The molecule has 1 N–H and O–H groups in total. The highest BCUT2D eigenvalue weighted by Gasteiger charge is 2.13. The number of nitrogens with one attached hydrogen (secondary N) is 1. The maximum atomic E-state index is 12.9. The van der Waals surface area contributed by atoms with E-state index >= 15 is 0 Å². The van der Waals surface area contributed by atoms with E-state index in [4.69, 9.17) is 4.98 Å². The molecular weight excluding hydrogens is 380 g/mol. The van der Waals surface area contributed by atoms with Gasteiger partial charge in [-0.3, -0.25) is 9.78 Å². The van der Waals surface area contributed by atoms with Crippen LogP contribution in [-0.4, -0.2) is 27.4 Å². The lowest BCUT2D eigenvalue weighted by molar-refractivity contribution is 0.0954. The maximum Gasteiger partial charge on any atom is 0.252 e. The number of fused-ring (bicyclic) bond motifs is 1. The molecule has 0 atom stereocenters. The minimum Gasteiger partial charge on any atom is -0.352 e. The zero-order valence-electron chi connectivity index (χ0n) is 16.3. The molecule has 29 heavy (non-hydrogen) atoms. The summed E-state index contributed by atoms with van der Waals surface area (Å²) in [4.78, 5) is 26.3. The van der Waals surface area contributed by atoms with Gasteiger partial charge in [0.25, 0.3) is 5.91 Å². The number of amides is 1. The van der Waals surface area contributed by atoms with Crippen LogP contribution in [0.4, 0.5) is 0 Å². The molecule has 1 aromatic carbocycles. The molecule has 0 fully saturated rings. The molecule has 0 radical (unpaired) electrons. The van der Waals surface area contributed by atoms with Gasteiger partial charge in [-0.1, -0.05) is 18.2 Å². The van der Waals surface area contributed by atoms with Crippen LogP contribution in [0.1, 0.15) is 33.9 Å². The Kier molecular flexibility index (Phi) is 5.91. The summed E-state index contributed by atoms with van der Waals surface area (Å²) in [5.74, 6) is -0.0705.